The number of carbonyl (C=O) groups excluding carboxylic acids is 1. The molecule has 3 rings (SSSR count). The van der Waals surface area contributed by atoms with Crippen LogP contribution in [0.3, 0.4) is 0 Å². The lowest BCUT2D eigenvalue weighted by Gasteiger charge is -2.16. The molecule has 0 radical (unpaired) electrons. The maximum atomic E-state index is 14.1. The number of aromatic nitrogens is 2. The molecule has 1 N–H and O–H groups in total. The molecule has 0 fully saturated rings. The highest BCUT2D eigenvalue weighted by atomic mass is 19.4. The van der Waals surface area contributed by atoms with Gasteiger partial charge in [-0.3, -0.25) is 4.79 Å². The highest BCUT2D eigenvalue weighted by Crippen LogP contribution is 2.40. The zero-order chi connectivity index (χ0) is 23.5. The minimum Gasteiger partial charge on any atom is -0.493 e. The first kappa shape index (κ1) is 22.9. The molecule has 0 spiro atoms. The van der Waals surface area contributed by atoms with E-state index in [-0.39, 0.29) is 18.0 Å². The second kappa shape index (κ2) is 9.16. The van der Waals surface area contributed by atoms with Crippen molar-refractivity contribution in [2.75, 3.05) is 21.3 Å². The molecular weight excluding hydrogens is 434 g/mol. The molecule has 7 nitrogen and oxygen atoms in total. The number of carbonyl (C=O) groups is 1. The van der Waals surface area contributed by atoms with E-state index in [1.165, 1.54) is 33.5 Å². The van der Waals surface area contributed by atoms with Crippen molar-refractivity contribution >= 4 is 5.91 Å². The molecule has 0 saturated heterocycles. The van der Waals surface area contributed by atoms with Gasteiger partial charge in [-0.25, -0.2) is 9.07 Å². The Morgan fingerprint density at radius 2 is 1.72 bits per heavy atom. The van der Waals surface area contributed by atoms with Crippen LogP contribution < -0.4 is 19.5 Å². The van der Waals surface area contributed by atoms with Gasteiger partial charge in [0.1, 0.15) is 11.5 Å². The minimum atomic E-state index is -4.97. The van der Waals surface area contributed by atoms with Crippen LogP contribution in [-0.4, -0.2) is 37.0 Å². The van der Waals surface area contributed by atoms with Crippen LogP contribution in [0.4, 0.5) is 17.6 Å². The van der Waals surface area contributed by atoms with E-state index in [2.05, 4.69) is 10.4 Å². The van der Waals surface area contributed by atoms with E-state index in [1.54, 1.807) is 12.1 Å². The lowest BCUT2D eigenvalue weighted by Crippen LogP contribution is -2.26. The van der Waals surface area contributed by atoms with Crippen molar-refractivity contribution in [3.8, 4) is 22.9 Å². The fourth-order valence-electron chi connectivity index (χ4n) is 3.17. The summed E-state index contributed by atoms with van der Waals surface area (Å²) in [5.74, 6) is -1.06. The molecular formula is C21H19F4N3O4. The van der Waals surface area contributed by atoms with Crippen molar-refractivity contribution in [1.82, 2.24) is 15.1 Å². The number of methoxy groups -OCH3 is 3. The van der Waals surface area contributed by atoms with Crippen molar-refractivity contribution in [3.05, 3.63) is 65.2 Å². The zero-order valence-electron chi connectivity index (χ0n) is 17.3. The summed E-state index contributed by atoms with van der Waals surface area (Å²) in [7, 11) is 4.21. The van der Waals surface area contributed by atoms with Crippen LogP contribution in [0, 0.1) is 5.82 Å². The zero-order valence-corrected chi connectivity index (χ0v) is 17.3. The Kier molecular flexibility index (Phi) is 6.56. The molecule has 1 aromatic heterocycles. The van der Waals surface area contributed by atoms with Crippen LogP contribution in [-0.2, 0) is 12.7 Å². The second-order valence-electron chi connectivity index (χ2n) is 6.44. The number of ether oxygens (including phenoxy) is 3. The molecule has 170 valence electrons. The largest absolute Gasteiger partial charge is 0.493 e. The number of halogens is 4. The molecule has 0 saturated carbocycles. The predicted octanol–water partition coefficient (Wildman–Crippen LogP) is 3.99. The van der Waals surface area contributed by atoms with Gasteiger partial charge in [0, 0.05) is 12.1 Å². The number of hydrogen-bond donors (Lipinski definition) is 1. The summed E-state index contributed by atoms with van der Waals surface area (Å²) in [5.41, 5.74) is -2.13. The van der Waals surface area contributed by atoms with Crippen LogP contribution in [0.15, 0.2) is 42.6 Å². The van der Waals surface area contributed by atoms with Crippen molar-refractivity contribution < 1.29 is 36.6 Å². The van der Waals surface area contributed by atoms with Crippen LogP contribution in [0.25, 0.3) is 5.69 Å². The predicted molar refractivity (Wildman–Crippen MR) is 106 cm³/mol. The quantitative estimate of drug-likeness (QED) is 0.548. The van der Waals surface area contributed by atoms with Crippen LogP contribution in [0.1, 0.15) is 21.6 Å². The van der Waals surface area contributed by atoms with Gasteiger partial charge in [0.25, 0.3) is 5.91 Å². The Morgan fingerprint density at radius 1 is 1.03 bits per heavy atom. The Morgan fingerprint density at radius 3 is 2.31 bits per heavy atom. The lowest BCUT2D eigenvalue weighted by atomic mass is 10.1. The third kappa shape index (κ3) is 4.32. The Bertz CT molecular complexity index is 1130. The summed E-state index contributed by atoms with van der Waals surface area (Å²) >= 11 is 0. The minimum absolute atomic E-state index is 0.176. The fraction of sp³-hybridized carbons (Fsp3) is 0.238. The van der Waals surface area contributed by atoms with Gasteiger partial charge >= 0.3 is 6.18 Å². The smallest absolute Gasteiger partial charge is 0.434 e. The number of nitrogens with zero attached hydrogens (tertiary/aromatic N) is 2. The molecule has 0 aliphatic carbocycles. The molecule has 1 heterocycles. The molecule has 0 bridgehead atoms. The van der Waals surface area contributed by atoms with Crippen molar-refractivity contribution in [2.24, 2.45) is 0 Å². The first-order chi connectivity index (χ1) is 15.2. The Hall–Kier alpha value is -3.76. The molecule has 0 atom stereocenters. The summed E-state index contributed by atoms with van der Waals surface area (Å²) in [5, 5.41) is 6.02. The number of amides is 1. The van der Waals surface area contributed by atoms with Crippen LogP contribution >= 0.6 is 0 Å². The average molecular weight is 453 g/mol. The van der Waals surface area contributed by atoms with E-state index in [1.807, 2.05) is 0 Å². The molecule has 0 aliphatic rings. The van der Waals surface area contributed by atoms with Gasteiger partial charge in [0.15, 0.2) is 17.2 Å². The monoisotopic (exact) mass is 453 g/mol. The van der Waals surface area contributed by atoms with Gasteiger partial charge in [-0.15, -0.1) is 0 Å². The van der Waals surface area contributed by atoms with E-state index >= 15 is 0 Å². The number of hydrogen-bond acceptors (Lipinski definition) is 5. The Labute approximate surface area is 180 Å². The second-order valence-corrected chi connectivity index (χ2v) is 6.44. The van der Waals surface area contributed by atoms with Gasteiger partial charge in [-0.2, -0.15) is 18.3 Å². The third-order valence-corrected chi connectivity index (χ3v) is 4.59. The van der Waals surface area contributed by atoms with Gasteiger partial charge in [0.05, 0.1) is 33.1 Å². The maximum Gasteiger partial charge on any atom is 0.434 e. The third-order valence-electron chi connectivity index (χ3n) is 4.59. The van der Waals surface area contributed by atoms with Gasteiger partial charge < -0.3 is 19.5 Å². The number of rotatable bonds is 7. The molecule has 32 heavy (non-hydrogen) atoms. The average Bonchev–Trinajstić information content (AvgIpc) is 3.22. The number of benzene rings is 2. The standard InChI is InChI=1S/C21H19F4N3O4/c1-30-16-9-8-12(17(31-2)18(16)32-3)10-26-20(29)13-11-27-28(19(13)21(23,24)25)15-7-5-4-6-14(15)22/h4-9,11H,10H2,1-3H3,(H,26,29). The highest BCUT2D eigenvalue weighted by Gasteiger charge is 2.41. The first-order valence-electron chi connectivity index (χ1n) is 9.19. The van der Waals surface area contributed by atoms with Gasteiger partial charge in [-0.1, -0.05) is 12.1 Å². The van der Waals surface area contributed by atoms with Crippen molar-refractivity contribution in [1.29, 1.82) is 0 Å². The van der Waals surface area contributed by atoms with E-state index in [4.69, 9.17) is 14.2 Å². The fourth-order valence-corrected chi connectivity index (χ4v) is 3.17. The van der Waals surface area contributed by atoms with E-state index < -0.39 is 34.8 Å². The molecule has 0 unspecified atom stereocenters. The summed E-state index contributed by atoms with van der Waals surface area (Å²) in [6.07, 6.45) is -4.22. The van der Waals surface area contributed by atoms with Crippen molar-refractivity contribution in [2.45, 2.75) is 12.7 Å². The summed E-state index contributed by atoms with van der Waals surface area (Å²) in [6, 6.07) is 7.98. The van der Waals surface area contributed by atoms with Crippen LogP contribution in [0.5, 0.6) is 17.2 Å². The Balaban J connectivity index is 1.94. The van der Waals surface area contributed by atoms with Crippen LogP contribution in [0.2, 0.25) is 0 Å². The highest BCUT2D eigenvalue weighted by molar-refractivity contribution is 5.95. The summed E-state index contributed by atoms with van der Waals surface area (Å²) in [6.45, 7) is -0.176. The number of para-hydroxylation sites is 1. The molecule has 3 aromatic rings. The van der Waals surface area contributed by atoms with Crippen molar-refractivity contribution in [3.63, 3.8) is 0 Å². The van der Waals surface area contributed by atoms with Gasteiger partial charge in [0.2, 0.25) is 5.75 Å². The lowest BCUT2D eigenvalue weighted by molar-refractivity contribution is -0.143. The SMILES string of the molecule is COc1ccc(CNC(=O)c2cnn(-c3ccccc3F)c2C(F)(F)F)c(OC)c1OC. The topological polar surface area (TPSA) is 74.6 Å². The molecule has 0 aliphatic heterocycles. The first-order valence-corrected chi connectivity index (χ1v) is 9.19. The summed E-state index contributed by atoms with van der Waals surface area (Å²) in [4.78, 5) is 12.6. The maximum absolute atomic E-state index is 14.1. The molecule has 11 heteroatoms. The number of alkyl halides is 3. The summed E-state index contributed by atoms with van der Waals surface area (Å²) < 4.78 is 71.5. The van der Waals surface area contributed by atoms with Gasteiger partial charge in [-0.05, 0) is 24.3 Å². The molecule has 1 amide bonds. The normalized spacial score (nSPS) is 11.2. The molecule has 2 aromatic carbocycles. The number of nitrogens with one attached hydrogen (secondary N) is 1. The van der Waals surface area contributed by atoms with E-state index in [0.29, 0.717) is 16.0 Å². The van der Waals surface area contributed by atoms with E-state index in [9.17, 15) is 22.4 Å². The van der Waals surface area contributed by atoms with E-state index in [0.717, 1.165) is 18.3 Å².